The van der Waals surface area contributed by atoms with E-state index in [0.717, 1.165) is 24.6 Å². The van der Waals surface area contributed by atoms with Crippen molar-refractivity contribution in [1.82, 2.24) is 9.97 Å². The van der Waals surface area contributed by atoms with E-state index >= 15 is 0 Å². The van der Waals surface area contributed by atoms with E-state index in [-0.39, 0.29) is 0 Å². The van der Waals surface area contributed by atoms with Gasteiger partial charge in [0, 0.05) is 23.8 Å². The Hall–Kier alpha value is -1.16. The van der Waals surface area contributed by atoms with Crippen LogP contribution in [0.3, 0.4) is 0 Å². The molecule has 1 saturated carbocycles. The van der Waals surface area contributed by atoms with Crippen molar-refractivity contribution in [1.29, 1.82) is 0 Å². The van der Waals surface area contributed by atoms with Crippen molar-refractivity contribution in [3.63, 3.8) is 0 Å². The Morgan fingerprint density at radius 2 is 2.06 bits per heavy atom. The molecule has 0 spiro atoms. The standard InChI is InChI=1S/C14H22N4/c15-8-13(10-4-1-2-5-10)18-14-11-6-3-7-12(11)16-9-17-14/h9-10,13H,1-8,15H2,(H,16,17,18). The lowest BCUT2D eigenvalue weighted by Crippen LogP contribution is -2.35. The second kappa shape index (κ2) is 5.22. The number of nitrogens with two attached hydrogens (primary N) is 1. The molecule has 0 amide bonds. The highest BCUT2D eigenvalue weighted by Gasteiger charge is 2.26. The number of hydrogen-bond acceptors (Lipinski definition) is 4. The van der Waals surface area contributed by atoms with Gasteiger partial charge in [-0.3, -0.25) is 0 Å². The van der Waals surface area contributed by atoms with Gasteiger partial charge in [0.25, 0.3) is 0 Å². The lowest BCUT2D eigenvalue weighted by molar-refractivity contribution is 0.461. The van der Waals surface area contributed by atoms with Crippen molar-refractivity contribution in [2.45, 2.75) is 51.0 Å². The SMILES string of the molecule is NCC(Nc1ncnc2c1CCC2)C1CCCC1. The number of hydrogen-bond donors (Lipinski definition) is 2. The quantitative estimate of drug-likeness (QED) is 0.851. The van der Waals surface area contributed by atoms with E-state index in [1.54, 1.807) is 6.33 Å². The summed E-state index contributed by atoms with van der Waals surface area (Å²) in [5.41, 5.74) is 8.50. The zero-order chi connectivity index (χ0) is 12.4. The third-order valence-electron chi connectivity index (χ3n) is 4.42. The van der Waals surface area contributed by atoms with Crippen LogP contribution in [-0.4, -0.2) is 22.6 Å². The molecule has 2 aliphatic carbocycles. The molecule has 1 atom stereocenters. The number of nitrogens with one attached hydrogen (secondary N) is 1. The summed E-state index contributed by atoms with van der Waals surface area (Å²) in [6.45, 7) is 0.698. The van der Waals surface area contributed by atoms with Gasteiger partial charge in [-0.1, -0.05) is 12.8 Å². The molecule has 2 aliphatic rings. The minimum absolute atomic E-state index is 0.382. The number of aryl methyl sites for hydroxylation is 1. The Labute approximate surface area is 108 Å². The Morgan fingerprint density at radius 3 is 2.83 bits per heavy atom. The first-order chi connectivity index (χ1) is 8.88. The monoisotopic (exact) mass is 246 g/mol. The summed E-state index contributed by atoms with van der Waals surface area (Å²) in [7, 11) is 0. The highest BCUT2D eigenvalue weighted by Crippen LogP contribution is 2.31. The van der Waals surface area contributed by atoms with Crippen molar-refractivity contribution in [2.75, 3.05) is 11.9 Å². The fraction of sp³-hybridized carbons (Fsp3) is 0.714. The van der Waals surface area contributed by atoms with Gasteiger partial charge in [0.2, 0.25) is 0 Å². The zero-order valence-corrected chi connectivity index (χ0v) is 10.9. The van der Waals surface area contributed by atoms with Gasteiger partial charge in [-0.2, -0.15) is 0 Å². The number of fused-ring (bicyclic) bond motifs is 1. The average molecular weight is 246 g/mol. The van der Waals surface area contributed by atoms with E-state index in [2.05, 4.69) is 15.3 Å². The van der Waals surface area contributed by atoms with Gasteiger partial charge in [0.1, 0.15) is 12.1 Å². The first kappa shape index (κ1) is 11.9. The summed E-state index contributed by atoms with van der Waals surface area (Å²) >= 11 is 0. The summed E-state index contributed by atoms with van der Waals surface area (Å²) in [6, 6.07) is 0.382. The first-order valence-corrected chi connectivity index (χ1v) is 7.18. The van der Waals surface area contributed by atoms with Gasteiger partial charge < -0.3 is 11.1 Å². The number of aromatic nitrogens is 2. The van der Waals surface area contributed by atoms with Crippen LogP contribution in [0.25, 0.3) is 0 Å². The largest absolute Gasteiger partial charge is 0.365 e. The predicted molar refractivity (Wildman–Crippen MR) is 72.5 cm³/mol. The molecule has 0 aromatic carbocycles. The fourth-order valence-corrected chi connectivity index (χ4v) is 3.39. The van der Waals surface area contributed by atoms with Gasteiger partial charge in [-0.25, -0.2) is 9.97 Å². The molecule has 3 rings (SSSR count). The van der Waals surface area contributed by atoms with Gasteiger partial charge in [-0.05, 0) is 38.0 Å². The molecule has 0 aliphatic heterocycles. The number of rotatable bonds is 4. The minimum atomic E-state index is 0.382. The molecular weight excluding hydrogens is 224 g/mol. The molecular formula is C14H22N4. The Morgan fingerprint density at radius 1 is 1.22 bits per heavy atom. The first-order valence-electron chi connectivity index (χ1n) is 7.18. The lowest BCUT2D eigenvalue weighted by Gasteiger charge is -2.24. The normalized spacial score (nSPS) is 20.9. The fourth-order valence-electron chi connectivity index (χ4n) is 3.39. The zero-order valence-electron chi connectivity index (χ0n) is 10.9. The van der Waals surface area contributed by atoms with Crippen LogP contribution in [0.5, 0.6) is 0 Å². The molecule has 0 bridgehead atoms. The van der Waals surface area contributed by atoms with E-state index in [1.165, 1.54) is 43.4 Å². The van der Waals surface area contributed by atoms with Crippen molar-refractivity contribution in [2.24, 2.45) is 11.7 Å². The van der Waals surface area contributed by atoms with Crippen LogP contribution in [0.15, 0.2) is 6.33 Å². The second-order valence-electron chi connectivity index (χ2n) is 5.53. The third kappa shape index (κ3) is 2.21. The summed E-state index contributed by atoms with van der Waals surface area (Å²) in [4.78, 5) is 8.80. The Bertz CT molecular complexity index is 412. The topological polar surface area (TPSA) is 63.8 Å². The van der Waals surface area contributed by atoms with E-state index in [4.69, 9.17) is 5.73 Å². The highest BCUT2D eigenvalue weighted by molar-refractivity contribution is 5.48. The maximum Gasteiger partial charge on any atom is 0.133 e. The van der Waals surface area contributed by atoms with Gasteiger partial charge in [-0.15, -0.1) is 0 Å². The van der Waals surface area contributed by atoms with E-state index in [1.807, 2.05) is 0 Å². The molecule has 1 aromatic heterocycles. The van der Waals surface area contributed by atoms with Crippen LogP contribution in [0.2, 0.25) is 0 Å². The summed E-state index contributed by atoms with van der Waals surface area (Å²) in [6.07, 6.45) is 10.4. The summed E-state index contributed by atoms with van der Waals surface area (Å²) in [5.74, 6) is 1.77. The van der Waals surface area contributed by atoms with Crippen LogP contribution < -0.4 is 11.1 Å². The Kier molecular flexibility index (Phi) is 3.46. The van der Waals surface area contributed by atoms with E-state index in [0.29, 0.717) is 12.6 Å². The van der Waals surface area contributed by atoms with E-state index in [9.17, 15) is 0 Å². The molecule has 98 valence electrons. The predicted octanol–water partition coefficient (Wildman–Crippen LogP) is 1.89. The third-order valence-corrected chi connectivity index (χ3v) is 4.42. The van der Waals surface area contributed by atoms with Gasteiger partial charge in [0.05, 0.1) is 0 Å². The van der Waals surface area contributed by atoms with Gasteiger partial charge >= 0.3 is 0 Å². The van der Waals surface area contributed by atoms with Crippen LogP contribution in [0.1, 0.15) is 43.4 Å². The molecule has 3 N–H and O–H groups in total. The van der Waals surface area contributed by atoms with Crippen LogP contribution in [0, 0.1) is 5.92 Å². The molecule has 4 nitrogen and oxygen atoms in total. The van der Waals surface area contributed by atoms with Gasteiger partial charge in [0.15, 0.2) is 0 Å². The maximum absolute atomic E-state index is 5.94. The molecule has 0 radical (unpaired) electrons. The van der Waals surface area contributed by atoms with Crippen molar-refractivity contribution >= 4 is 5.82 Å². The second-order valence-corrected chi connectivity index (χ2v) is 5.53. The number of nitrogens with zero attached hydrogens (tertiary/aromatic N) is 2. The van der Waals surface area contributed by atoms with Crippen molar-refractivity contribution in [3.05, 3.63) is 17.6 Å². The van der Waals surface area contributed by atoms with Crippen molar-refractivity contribution < 1.29 is 0 Å². The minimum Gasteiger partial charge on any atom is -0.365 e. The lowest BCUT2D eigenvalue weighted by atomic mass is 9.98. The van der Waals surface area contributed by atoms with Crippen molar-refractivity contribution in [3.8, 4) is 0 Å². The Balaban J connectivity index is 1.76. The molecule has 1 unspecified atom stereocenters. The smallest absolute Gasteiger partial charge is 0.133 e. The van der Waals surface area contributed by atoms with Crippen LogP contribution in [0.4, 0.5) is 5.82 Å². The summed E-state index contributed by atoms with van der Waals surface area (Å²) in [5, 5.41) is 3.59. The summed E-state index contributed by atoms with van der Waals surface area (Å²) < 4.78 is 0. The highest BCUT2D eigenvalue weighted by atomic mass is 15.1. The van der Waals surface area contributed by atoms with Crippen LogP contribution in [-0.2, 0) is 12.8 Å². The molecule has 0 saturated heterocycles. The maximum atomic E-state index is 5.94. The molecule has 4 heteroatoms. The average Bonchev–Trinajstić information content (AvgIpc) is 3.06. The number of anilines is 1. The van der Waals surface area contributed by atoms with E-state index < -0.39 is 0 Å². The van der Waals surface area contributed by atoms with Crippen LogP contribution >= 0.6 is 0 Å². The molecule has 1 fully saturated rings. The molecule has 18 heavy (non-hydrogen) atoms. The molecule has 1 aromatic rings. The molecule has 1 heterocycles.